The van der Waals surface area contributed by atoms with Crippen molar-refractivity contribution < 1.29 is 17.9 Å². The first-order valence-electron chi connectivity index (χ1n) is 7.80. The van der Waals surface area contributed by atoms with Gasteiger partial charge in [-0.25, -0.2) is 13.6 Å². The summed E-state index contributed by atoms with van der Waals surface area (Å²) in [4.78, 5) is 12.2. The molecule has 2 rings (SSSR count). The molecule has 0 spiro atoms. The maximum absolute atomic E-state index is 12.2. The number of sulfonamides is 1. The summed E-state index contributed by atoms with van der Waals surface area (Å²) in [7, 11) is -3.77. The van der Waals surface area contributed by atoms with Crippen LogP contribution < -0.4 is 15.2 Å². The smallest absolute Gasteiger partial charge is 0.261 e. The fourth-order valence-electron chi connectivity index (χ4n) is 2.34. The first-order chi connectivity index (χ1) is 11.7. The van der Waals surface area contributed by atoms with Crippen molar-refractivity contribution in [3.05, 3.63) is 59.2 Å². The lowest BCUT2D eigenvalue weighted by atomic mass is 10.1. The van der Waals surface area contributed by atoms with Crippen molar-refractivity contribution in [1.29, 1.82) is 0 Å². The van der Waals surface area contributed by atoms with Gasteiger partial charge in [0.15, 0.2) is 6.10 Å². The highest BCUT2D eigenvalue weighted by Gasteiger charge is 2.16. The second-order valence-corrected chi connectivity index (χ2v) is 7.50. The van der Waals surface area contributed by atoms with Crippen LogP contribution in [0.5, 0.6) is 5.75 Å². The first-order valence-corrected chi connectivity index (χ1v) is 9.35. The van der Waals surface area contributed by atoms with Gasteiger partial charge in [-0.15, -0.1) is 0 Å². The van der Waals surface area contributed by atoms with Crippen LogP contribution in [0, 0.1) is 13.8 Å². The Morgan fingerprint density at radius 1 is 1.20 bits per heavy atom. The van der Waals surface area contributed by atoms with Gasteiger partial charge in [-0.3, -0.25) is 4.79 Å². The number of primary sulfonamides is 1. The highest BCUT2D eigenvalue weighted by Crippen LogP contribution is 2.20. The molecule has 134 valence electrons. The van der Waals surface area contributed by atoms with Gasteiger partial charge in [-0.05, 0) is 50.1 Å². The molecule has 2 aromatic carbocycles. The Morgan fingerprint density at radius 3 is 2.56 bits per heavy atom. The Hall–Kier alpha value is -2.38. The van der Waals surface area contributed by atoms with E-state index in [1.54, 1.807) is 19.1 Å². The van der Waals surface area contributed by atoms with Crippen LogP contribution in [0.25, 0.3) is 0 Å². The second-order valence-electron chi connectivity index (χ2n) is 5.94. The third-order valence-electron chi connectivity index (χ3n) is 3.70. The number of benzene rings is 2. The Bertz CT molecular complexity index is 878. The van der Waals surface area contributed by atoms with E-state index in [0.29, 0.717) is 11.3 Å². The maximum atomic E-state index is 12.2. The van der Waals surface area contributed by atoms with Crippen molar-refractivity contribution in [3.63, 3.8) is 0 Å². The lowest BCUT2D eigenvalue weighted by Crippen LogP contribution is -2.36. The maximum Gasteiger partial charge on any atom is 0.261 e. The van der Waals surface area contributed by atoms with Gasteiger partial charge in [0.1, 0.15) is 5.75 Å². The lowest BCUT2D eigenvalue weighted by molar-refractivity contribution is -0.127. The largest absolute Gasteiger partial charge is 0.481 e. The van der Waals surface area contributed by atoms with E-state index in [1.807, 2.05) is 32.0 Å². The Morgan fingerprint density at radius 2 is 1.92 bits per heavy atom. The number of carbonyl (C=O) groups is 1. The first kappa shape index (κ1) is 19.0. The molecular formula is C18H22N2O4S. The van der Waals surface area contributed by atoms with Crippen molar-refractivity contribution in [2.45, 2.75) is 38.3 Å². The van der Waals surface area contributed by atoms with Gasteiger partial charge < -0.3 is 10.1 Å². The Labute approximate surface area is 148 Å². The molecule has 0 aliphatic carbocycles. The number of carbonyl (C=O) groups excluding carboxylic acids is 1. The predicted molar refractivity (Wildman–Crippen MR) is 95.7 cm³/mol. The van der Waals surface area contributed by atoms with Gasteiger partial charge in [0, 0.05) is 6.54 Å². The molecule has 0 saturated heterocycles. The molecule has 0 saturated carbocycles. The molecule has 3 N–H and O–H groups in total. The van der Waals surface area contributed by atoms with E-state index in [4.69, 9.17) is 9.88 Å². The number of nitrogens with one attached hydrogen (secondary N) is 1. The zero-order chi connectivity index (χ0) is 18.6. The number of rotatable bonds is 6. The molecule has 0 heterocycles. The zero-order valence-electron chi connectivity index (χ0n) is 14.4. The molecule has 0 radical (unpaired) electrons. The highest BCUT2D eigenvalue weighted by molar-refractivity contribution is 7.89. The fourth-order valence-corrected chi connectivity index (χ4v) is 2.92. The molecule has 0 aliphatic rings. The van der Waals surface area contributed by atoms with E-state index < -0.39 is 16.1 Å². The van der Waals surface area contributed by atoms with Crippen molar-refractivity contribution in [3.8, 4) is 5.75 Å². The summed E-state index contributed by atoms with van der Waals surface area (Å²) >= 11 is 0. The topological polar surface area (TPSA) is 98.5 Å². The summed E-state index contributed by atoms with van der Waals surface area (Å²) < 4.78 is 28.4. The molecule has 0 aromatic heterocycles. The van der Waals surface area contributed by atoms with Crippen LogP contribution in [0.1, 0.15) is 23.6 Å². The standard InChI is InChI=1S/C18H22N2O4S/c1-12-7-8-17(13(2)9-12)24-14(3)18(21)20-11-15-5-4-6-16(10-15)25(19,22)23/h4-10,14H,11H2,1-3H3,(H,20,21)(H2,19,22,23). The van der Waals surface area contributed by atoms with Gasteiger partial charge >= 0.3 is 0 Å². The van der Waals surface area contributed by atoms with Crippen molar-refractivity contribution in [2.75, 3.05) is 0 Å². The number of amides is 1. The Balaban J connectivity index is 1.98. The molecular weight excluding hydrogens is 340 g/mol. The molecule has 25 heavy (non-hydrogen) atoms. The highest BCUT2D eigenvalue weighted by atomic mass is 32.2. The average Bonchev–Trinajstić information content (AvgIpc) is 2.54. The summed E-state index contributed by atoms with van der Waals surface area (Å²) in [6, 6.07) is 11.9. The van der Waals surface area contributed by atoms with Crippen LogP contribution in [-0.4, -0.2) is 20.4 Å². The summed E-state index contributed by atoms with van der Waals surface area (Å²) in [6.07, 6.45) is -0.678. The van der Waals surface area contributed by atoms with E-state index in [2.05, 4.69) is 5.32 Å². The molecule has 2 aromatic rings. The van der Waals surface area contributed by atoms with E-state index in [0.717, 1.165) is 11.1 Å². The lowest BCUT2D eigenvalue weighted by Gasteiger charge is -2.16. The van der Waals surface area contributed by atoms with E-state index in [-0.39, 0.29) is 17.3 Å². The third kappa shape index (κ3) is 5.30. The SMILES string of the molecule is Cc1ccc(OC(C)C(=O)NCc2cccc(S(N)(=O)=O)c2)c(C)c1. The van der Waals surface area contributed by atoms with Crippen LogP contribution in [0.3, 0.4) is 0 Å². The van der Waals surface area contributed by atoms with Crippen molar-refractivity contribution in [1.82, 2.24) is 5.32 Å². The number of aryl methyl sites for hydroxylation is 2. The number of hydrogen-bond acceptors (Lipinski definition) is 4. The summed E-state index contributed by atoms with van der Waals surface area (Å²) in [5.74, 6) is 0.366. The monoisotopic (exact) mass is 362 g/mol. The van der Waals surface area contributed by atoms with Gasteiger partial charge in [0.2, 0.25) is 10.0 Å². The van der Waals surface area contributed by atoms with Crippen LogP contribution in [0.2, 0.25) is 0 Å². The minimum atomic E-state index is -3.77. The Kier molecular flexibility index (Phi) is 5.81. The molecule has 0 fully saturated rings. The summed E-state index contributed by atoms with van der Waals surface area (Å²) in [5.41, 5.74) is 2.72. The zero-order valence-corrected chi connectivity index (χ0v) is 15.3. The molecule has 6 nitrogen and oxygen atoms in total. The quantitative estimate of drug-likeness (QED) is 0.821. The summed E-state index contributed by atoms with van der Waals surface area (Å²) in [6.45, 7) is 5.76. The molecule has 0 bridgehead atoms. The molecule has 1 amide bonds. The molecule has 7 heteroatoms. The molecule has 0 aliphatic heterocycles. The molecule has 1 atom stereocenters. The number of hydrogen-bond donors (Lipinski definition) is 2. The number of nitrogens with two attached hydrogens (primary N) is 1. The number of ether oxygens (including phenoxy) is 1. The van der Waals surface area contributed by atoms with Gasteiger partial charge in [0.25, 0.3) is 5.91 Å². The normalized spacial score (nSPS) is 12.5. The predicted octanol–water partition coefficient (Wildman–Crippen LogP) is 2.03. The minimum Gasteiger partial charge on any atom is -0.481 e. The van der Waals surface area contributed by atoms with E-state index in [9.17, 15) is 13.2 Å². The summed E-state index contributed by atoms with van der Waals surface area (Å²) in [5, 5.41) is 7.83. The van der Waals surface area contributed by atoms with Crippen LogP contribution >= 0.6 is 0 Å². The van der Waals surface area contributed by atoms with Crippen LogP contribution in [0.4, 0.5) is 0 Å². The van der Waals surface area contributed by atoms with Gasteiger partial charge in [-0.2, -0.15) is 0 Å². The van der Waals surface area contributed by atoms with Crippen LogP contribution in [-0.2, 0) is 21.4 Å². The fraction of sp³-hybridized carbons (Fsp3) is 0.278. The van der Waals surface area contributed by atoms with Crippen molar-refractivity contribution in [2.24, 2.45) is 5.14 Å². The second kappa shape index (κ2) is 7.67. The minimum absolute atomic E-state index is 0.0128. The van der Waals surface area contributed by atoms with Gasteiger partial charge in [-0.1, -0.05) is 29.8 Å². The van der Waals surface area contributed by atoms with E-state index in [1.165, 1.54) is 12.1 Å². The average molecular weight is 362 g/mol. The van der Waals surface area contributed by atoms with Crippen molar-refractivity contribution >= 4 is 15.9 Å². The van der Waals surface area contributed by atoms with Gasteiger partial charge in [0.05, 0.1) is 4.90 Å². The third-order valence-corrected chi connectivity index (χ3v) is 4.61. The van der Waals surface area contributed by atoms with E-state index >= 15 is 0 Å². The van der Waals surface area contributed by atoms with Crippen LogP contribution in [0.15, 0.2) is 47.4 Å². The molecule has 1 unspecified atom stereocenters.